The number of thiocarbonyl (C=S) groups is 1. The second-order valence-corrected chi connectivity index (χ2v) is 5.31. The molecule has 2 N–H and O–H groups in total. The zero-order valence-electron chi connectivity index (χ0n) is 11.3. The van der Waals surface area contributed by atoms with Crippen LogP contribution in [0.1, 0.15) is 12.0 Å². The lowest BCUT2D eigenvalue weighted by atomic mass is 10.2. The van der Waals surface area contributed by atoms with E-state index >= 15 is 0 Å². The van der Waals surface area contributed by atoms with E-state index in [2.05, 4.69) is 15.7 Å². The number of rotatable bonds is 5. The lowest BCUT2D eigenvalue weighted by molar-refractivity contribution is 0.574. The van der Waals surface area contributed by atoms with Gasteiger partial charge < -0.3 is 10.6 Å². The van der Waals surface area contributed by atoms with E-state index in [1.807, 2.05) is 42.1 Å². The molecule has 4 nitrogen and oxygen atoms in total. The standard InChI is InChI=1S/C14H17ClN4S/c1-11-4-5-12(15)10-13(11)18-14(20)16-6-2-8-19-9-3-7-17-19/h3-5,7,9-10H,2,6,8H2,1H3,(H2,16,18,20). The molecule has 0 saturated carbocycles. The lowest BCUT2D eigenvalue weighted by Gasteiger charge is -2.12. The molecule has 20 heavy (non-hydrogen) atoms. The minimum atomic E-state index is 0.607. The summed E-state index contributed by atoms with van der Waals surface area (Å²) in [6, 6.07) is 7.61. The van der Waals surface area contributed by atoms with Crippen molar-refractivity contribution < 1.29 is 0 Å². The Balaban J connectivity index is 1.73. The first-order valence-electron chi connectivity index (χ1n) is 6.43. The Morgan fingerprint density at radius 3 is 3.05 bits per heavy atom. The van der Waals surface area contributed by atoms with Crippen LogP contribution in [0.4, 0.5) is 5.69 Å². The molecule has 2 aromatic rings. The van der Waals surface area contributed by atoms with Crippen LogP contribution in [-0.2, 0) is 6.54 Å². The van der Waals surface area contributed by atoms with Gasteiger partial charge in [-0.2, -0.15) is 5.10 Å². The van der Waals surface area contributed by atoms with Crippen molar-refractivity contribution in [1.29, 1.82) is 0 Å². The van der Waals surface area contributed by atoms with Crippen LogP contribution in [0.3, 0.4) is 0 Å². The van der Waals surface area contributed by atoms with E-state index in [9.17, 15) is 0 Å². The van der Waals surface area contributed by atoms with Crippen molar-refractivity contribution >= 4 is 34.6 Å². The molecule has 1 aromatic carbocycles. The third-order valence-electron chi connectivity index (χ3n) is 2.86. The Kier molecular flexibility index (Phi) is 5.38. The number of nitrogens with one attached hydrogen (secondary N) is 2. The second kappa shape index (κ2) is 7.26. The molecule has 0 amide bonds. The van der Waals surface area contributed by atoms with Crippen LogP contribution in [0.2, 0.25) is 5.02 Å². The molecule has 0 bridgehead atoms. The highest BCUT2D eigenvalue weighted by molar-refractivity contribution is 7.80. The summed E-state index contributed by atoms with van der Waals surface area (Å²) in [6.45, 7) is 3.68. The van der Waals surface area contributed by atoms with Gasteiger partial charge in [-0.3, -0.25) is 4.68 Å². The van der Waals surface area contributed by atoms with Gasteiger partial charge >= 0.3 is 0 Å². The molecule has 0 unspecified atom stereocenters. The highest BCUT2D eigenvalue weighted by Gasteiger charge is 2.02. The number of halogens is 1. The van der Waals surface area contributed by atoms with E-state index in [0.717, 1.165) is 30.8 Å². The Morgan fingerprint density at radius 1 is 1.45 bits per heavy atom. The fourth-order valence-electron chi connectivity index (χ4n) is 1.77. The van der Waals surface area contributed by atoms with Crippen LogP contribution in [0.5, 0.6) is 0 Å². The summed E-state index contributed by atoms with van der Waals surface area (Å²) in [7, 11) is 0. The monoisotopic (exact) mass is 308 g/mol. The molecule has 0 aliphatic rings. The van der Waals surface area contributed by atoms with Crippen LogP contribution in [0.15, 0.2) is 36.7 Å². The maximum Gasteiger partial charge on any atom is 0.170 e. The predicted octanol–water partition coefficient (Wildman–Crippen LogP) is 3.22. The van der Waals surface area contributed by atoms with Crippen molar-refractivity contribution in [3.63, 3.8) is 0 Å². The molecule has 0 aliphatic carbocycles. The smallest absolute Gasteiger partial charge is 0.170 e. The summed E-state index contributed by atoms with van der Waals surface area (Å²) >= 11 is 11.2. The number of aryl methyl sites for hydroxylation is 2. The zero-order valence-corrected chi connectivity index (χ0v) is 12.8. The Bertz CT molecular complexity index is 569. The van der Waals surface area contributed by atoms with E-state index in [-0.39, 0.29) is 0 Å². The SMILES string of the molecule is Cc1ccc(Cl)cc1NC(=S)NCCCn1cccn1. The van der Waals surface area contributed by atoms with Gasteiger partial charge in [-0.05, 0) is 49.3 Å². The maximum atomic E-state index is 5.97. The zero-order chi connectivity index (χ0) is 14.4. The second-order valence-electron chi connectivity index (χ2n) is 4.46. The molecular weight excluding hydrogens is 292 g/mol. The van der Waals surface area contributed by atoms with Crippen molar-refractivity contribution in [2.24, 2.45) is 0 Å². The van der Waals surface area contributed by atoms with E-state index in [4.69, 9.17) is 23.8 Å². The van der Waals surface area contributed by atoms with Crippen molar-refractivity contribution in [3.05, 3.63) is 47.2 Å². The lowest BCUT2D eigenvalue weighted by Crippen LogP contribution is -2.30. The molecule has 0 spiro atoms. The number of hydrogen-bond donors (Lipinski definition) is 2. The fraction of sp³-hybridized carbons (Fsp3) is 0.286. The first kappa shape index (κ1) is 14.8. The molecule has 106 valence electrons. The normalized spacial score (nSPS) is 10.3. The van der Waals surface area contributed by atoms with Gasteiger partial charge in [0.2, 0.25) is 0 Å². The summed E-state index contributed by atoms with van der Waals surface area (Å²) in [5.74, 6) is 0. The summed E-state index contributed by atoms with van der Waals surface area (Å²) < 4.78 is 1.90. The number of aromatic nitrogens is 2. The highest BCUT2D eigenvalue weighted by atomic mass is 35.5. The van der Waals surface area contributed by atoms with Gasteiger partial charge in [0.25, 0.3) is 0 Å². The van der Waals surface area contributed by atoms with Crippen molar-refractivity contribution in [2.45, 2.75) is 19.9 Å². The summed E-state index contributed by atoms with van der Waals surface area (Å²) in [6.07, 6.45) is 4.69. The van der Waals surface area contributed by atoms with Gasteiger partial charge in [-0.25, -0.2) is 0 Å². The van der Waals surface area contributed by atoms with E-state index in [1.54, 1.807) is 6.20 Å². The highest BCUT2D eigenvalue weighted by Crippen LogP contribution is 2.19. The molecule has 0 atom stereocenters. The van der Waals surface area contributed by atoms with E-state index < -0.39 is 0 Å². The van der Waals surface area contributed by atoms with Crippen LogP contribution in [0.25, 0.3) is 0 Å². The minimum absolute atomic E-state index is 0.607. The van der Waals surface area contributed by atoms with Gasteiger partial charge in [0.05, 0.1) is 0 Å². The van der Waals surface area contributed by atoms with Crippen molar-refractivity contribution in [3.8, 4) is 0 Å². The maximum absolute atomic E-state index is 5.97. The van der Waals surface area contributed by atoms with Crippen molar-refractivity contribution in [2.75, 3.05) is 11.9 Å². The molecule has 1 aromatic heterocycles. The van der Waals surface area contributed by atoms with Crippen LogP contribution in [0, 0.1) is 6.92 Å². The van der Waals surface area contributed by atoms with Crippen molar-refractivity contribution in [1.82, 2.24) is 15.1 Å². The first-order chi connectivity index (χ1) is 9.65. The van der Waals surface area contributed by atoms with Crippen LogP contribution >= 0.6 is 23.8 Å². The Labute approximate surface area is 129 Å². The summed E-state index contributed by atoms with van der Waals surface area (Å²) in [5, 5.41) is 11.8. The number of benzene rings is 1. The van der Waals surface area contributed by atoms with Gasteiger partial charge in [0.15, 0.2) is 5.11 Å². The topological polar surface area (TPSA) is 41.9 Å². The fourth-order valence-corrected chi connectivity index (χ4v) is 2.16. The predicted molar refractivity (Wildman–Crippen MR) is 87.3 cm³/mol. The van der Waals surface area contributed by atoms with Crippen LogP contribution in [-0.4, -0.2) is 21.4 Å². The minimum Gasteiger partial charge on any atom is -0.362 e. The quantitative estimate of drug-likeness (QED) is 0.657. The third-order valence-corrected chi connectivity index (χ3v) is 3.34. The summed E-state index contributed by atoms with van der Waals surface area (Å²) in [5.41, 5.74) is 2.04. The number of hydrogen-bond acceptors (Lipinski definition) is 2. The van der Waals surface area contributed by atoms with Gasteiger partial charge in [0.1, 0.15) is 0 Å². The average molecular weight is 309 g/mol. The van der Waals surface area contributed by atoms with E-state index in [0.29, 0.717) is 10.1 Å². The number of anilines is 1. The molecule has 1 heterocycles. The summed E-state index contributed by atoms with van der Waals surface area (Å²) in [4.78, 5) is 0. The van der Waals surface area contributed by atoms with Gasteiger partial charge in [-0.1, -0.05) is 17.7 Å². The van der Waals surface area contributed by atoms with Gasteiger partial charge in [0, 0.05) is 36.2 Å². The largest absolute Gasteiger partial charge is 0.362 e. The average Bonchev–Trinajstić information content (AvgIpc) is 2.92. The molecule has 6 heteroatoms. The molecule has 2 rings (SSSR count). The molecule has 0 aliphatic heterocycles. The Morgan fingerprint density at radius 2 is 2.30 bits per heavy atom. The molecule has 0 radical (unpaired) electrons. The molecular formula is C14H17ClN4S. The van der Waals surface area contributed by atoms with Crippen LogP contribution < -0.4 is 10.6 Å². The Hall–Kier alpha value is -1.59. The first-order valence-corrected chi connectivity index (χ1v) is 7.22. The van der Waals surface area contributed by atoms with Gasteiger partial charge in [-0.15, -0.1) is 0 Å². The number of nitrogens with zero attached hydrogens (tertiary/aromatic N) is 2. The van der Waals surface area contributed by atoms with E-state index in [1.165, 1.54) is 0 Å². The third kappa shape index (κ3) is 4.51. The molecule has 0 saturated heterocycles. The molecule has 0 fully saturated rings.